The molecule has 102 valence electrons. The van der Waals surface area contributed by atoms with E-state index in [2.05, 4.69) is 41.3 Å². The van der Waals surface area contributed by atoms with E-state index in [1.54, 1.807) is 24.3 Å². The van der Waals surface area contributed by atoms with Gasteiger partial charge in [-0.15, -0.1) is 0 Å². The van der Waals surface area contributed by atoms with Gasteiger partial charge in [0.1, 0.15) is 6.07 Å². The number of nitriles is 1. The van der Waals surface area contributed by atoms with E-state index in [0.717, 1.165) is 0 Å². The summed E-state index contributed by atoms with van der Waals surface area (Å²) in [5, 5.41) is 12.8. The monoisotopic (exact) mass is 428 g/mol. The number of alkyl halides is 1. The van der Waals surface area contributed by atoms with E-state index in [-0.39, 0.29) is 27.4 Å². The van der Waals surface area contributed by atoms with Crippen molar-refractivity contribution in [2.75, 3.05) is 11.1 Å². The number of nitrogens with zero attached hydrogens (tertiary/aromatic N) is 2. The van der Waals surface area contributed by atoms with Crippen LogP contribution in [0.3, 0.4) is 0 Å². The SMILES string of the molecule is N#CC(=NOS(=O)(=O)CCBr)c1c(Cl)cccc1Br. The Morgan fingerprint density at radius 3 is 2.74 bits per heavy atom. The van der Waals surface area contributed by atoms with Crippen LogP contribution in [0.1, 0.15) is 5.56 Å². The van der Waals surface area contributed by atoms with Crippen molar-refractivity contribution in [3.05, 3.63) is 33.3 Å². The predicted molar refractivity (Wildman–Crippen MR) is 80.0 cm³/mol. The van der Waals surface area contributed by atoms with Gasteiger partial charge in [-0.1, -0.05) is 54.7 Å². The summed E-state index contributed by atoms with van der Waals surface area (Å²) >= 11 is 12.1. The van der Waals surface area contributed by atoms with Crippen LogP contribution >= 0.6 is 43.5 Å². The van der Waals surface area contributed by atoms with E-state index < -0.39 is 10.1 Å². The highest BCUT2D eigenvalue weighted by Crippen LogP contribution is 2.25. The zero-order valence-electron chi connectivity index (χ0n) is 9.31. The van der Waals surface area contributed by atoms with Crippen LogP contribution in [0.15, 0.2) is 27.8 Å². The normalized spacial score (nSPS) is 12.0. The molecule has 0 atom stereocenters. The number of hydrogen-bond acceptors (Lipinski definition) is 5. The fourth-order valence-corrected chi connectivity index (χ4v) is 3.65. The number of rotatable bonds is 5. The molecule has 0 unspecified atom stereocenters. The summed E-state index contributed by atoms with van der Waals surface area (Å²) in [6, 6.07) is 6.63. The molecule has 1 aromatic rings. The van der Waals surface area contributed by atoms with Gasteiger partial charge in [0.25, 0.3) is 0 Å². The van der Waals surface area contributed by atoms with Crippen molar-refractivity contribution in [1.29, 1.82) is 5.26 Å². The second-order valence-electron chi connectivity index (χ2n) is 3.17. The number of halogens is 3. The molecule has 0 saturated carbocycles. The molecule has 0 aliphatic rings. The minimum Gasteiger partial charge on any atom is -0.267 e. The Morgan fingerprint density at radius 2 is 2.21 bits per heavy atom. The number of benzene rings is 1. The lowest BCUT2D eigenvalue weighted by atomic mass is 10.1. The van der Waals surface area contributed by atoms with Crippen molar-refractivity contribution >= 4 is 59.3 Å². The number of hydrogen-bond donors (Lipinski definition) is 0. The third kappa shape index (κ3) is 4.76. The Hall–Kier alpha value is -0.620. The van der Waals surface area contributed by atoms with Crippen LogP contribution in [-0.4, -0.2) is 25.2 Å². The average molecular weight is 431 g/mol. The molecule has 0 aliphatic heterocycles. The smallest absolute Gasteiger partial charge is 0.267 e. The maximum atomic E-state index is 11.3. The lowest BCUT2D eigenvalue weighted by Gasteiger charge is -2.04. The van der Waals surface area contributed by atoms with Gasteiger partial charge in [-0.25, -0.2) is 0 Å². The van der Waals surface area contributed by atoms with Gasteiger partial charge in [0, 0.05) is 15.4 Å². The van der Waals surface area contributed by atoms with Crippen LogP contribution in [0, 0.1) is 11.3 Å². The first kappa shape index (κ1) is 16.4. The molecule has 0 fully saturated rings. The summed E-state index contributed by atoms with van der Waals surface area (Å²) < 4.78 is 27.6. The first-order valence-electron chi connectivity index (χ1n) is 4.81. The molecular weight excluding hydrogens is 423 g/mol. The van der Waals surface area contributed by atoms with Gasteiger partial charge in [-0.3, -0.25) is 4.28 Å². The molecule has 5 nitrogen and oxygen atoms in total. The summed E-state index contributed by atoms with van der Waals surface area (Å²) in [6.45, 7) is 0. The third-order valence-electron chi connectivity index (χ3n) is 1.87. The molecule has 0 aliphatic carbocycles. The van der Waals surface area contributed by atoms with Crippen LogP contribution in [-0.2, 0) is 14.4 Å². The van der Waals surface area contributed by atoms with Crippen molar-refractivity contribution in [3.63, 3.8) is 0 Å². The van der Waals surface area contributed by atoms with Gasteiger partial charge >= 0.3 is 10.1 Å². The fraction of sp³-hybridized carbons (Fsp3) is 0.200. The highest BCUT2D eigenvalue weighted by molar-refractivity contribution is 9.10. The molecule has 0 aromatic heterocycles. The molecule has 1 rings (SSSR count). The van der Waals surface area contributed by atoms with E-state index >= 15 is 0 Å². The zero-order chi connectivity index (χ0) is 14.5. The van der Waals surface area contributed by atoms with Crippen molar-refractivity contribution < 1.29 is 12.7 Å². The summed E-state index contributed by atoms with van der Waals surface area (Å²) in [5.41, 5.74) is 0.0522. The van der Waals surface area contributed by atoms with Crippen LogP contribution in [0.2, 0.25) is 5.02 Å². The van der Waals surface area contributed by atoms with Gasteiger partial charge in [-0.2, -0.15) is 13.7 Å². The molecule has 9 heteroatoms. The van der Waals surface area contributed by atoms with Crippen LogP contribution < -0.4 is 0 Å². The first-order chi connectivity index (χ1) is 8.91. The maximum absolute atomic E-state index is 11.3. The molecule has 0 spiro atoms. The van der Waals surface area contributed by atoms with E-state index in [4.69, 9.17) is 16.9 Å². The molecule has 0 amide bonds. The second-order valence-corrected chi connectivity index (χ2v) is 6.90. The predicted octanol–water partition coefficient (Wildman–Crippen LogP) is 3.07. The molecule has 19 heavy (non-hydrogen) atoms. The minimum absolute atomic E-state index is 0.211. The quantitative estimate of drug-likeness (QED) is 0.409. The molecule has 0 saturated heterocycles. The van der Waals surface area contributed by atoms with Gasteiger partial charge in [0.15, 0.2) is 5.71 Å². The Labute approximate surface area is 132 Å². The first-order valence-corrected chi connectivity index (χ1v) is 8.68. The highest BCUT2D eigenvalue weighted by atomic mass is 79.9. The lowest BCUT2D eigenvalue weighted by Crippen LogP contribution is -2.10. The summed E-state index contributed by atoms with van der Waals surface area (Å²) in [5.74, 6) is -0.251. The topological polar surface area (TPSA) is 79.5 Å². The van der Waals surface area contributed by atoms with Gasteiger partial charge < -0.3 is 0 Å². The second kappa shape index (κ2) is 7.24. The highest BCUT2D eigenvalue weighted by Gasteiger charge is 2.15. The fourth-order valence-electron chi connectivity index (χ4n) is 1.07. The Morgan fingerprint density at radius 1 is 1.53 bits per heavy atom. The molecular formula is C10H7Br2ClN2O3S. The maximum Gasteiger partial charge on any atom is 0.329 e. The van der Waals surface area contributed by atoms with Crippen LogP contribution in [0.5, 0.6) is 0 Å². The summed E-state index contributed by atoms with van der Waals surface area (Å²) in [4.78, 5) is 0. The van der Waals surface area contributed by atoms with Crippen molar-refractivity contribution in [1.82, 2.24) is 0 Å². The Balaban J connectivity index is 3.13. The van der Waals surface area contributed by atoms with E-state index in [9.17, 15) is 8.42 Å². The van der Waals surface area contributed by atoms with Gasteiger partial charge in [0.05, 0.1) is 10.8 Å². The van der Waals surface area contributed by atoms with E-state index in [1.807, 2.05) is 0 Å². The standard InChI is InChI=1S/C10H7Br2ClN2O3S/c11-4-5-19(16,17)18-15-9(6-14)10-7(12)2-1-3-8(10)13/h1-3H,4-5H2. The molecule has 1 aromatic carbocycles. The van der Waals surface area contributed by atoms with Crippen molar-refractivity contribution in [2.24, 2.45) is 5.16 Å². The molecule has 0 heterocycles. The summed E-state index contributed by atoms with van der Waals surface area (Å²) in [6.07, 6.45) is 0. The van der Waals surface area contributed by atoms with Crippen LogP contribution in [0.4, 0.5) is 0 Å². The third-order valence-corrected chi connectivity index (χ3v) is 4.78. The minimum atomic E-state index is -3.81. The number of oxime groups is 1. The van der Waals surface area contributed by atoms with Gasteiger partial charge in [-0.05, 0) is 12.1 Å². The Kier molecular flexibility index (Phi) is 6.26. The molecule has 0 radical (unpaired) electrons. The van der Waals surface area contributed by atoms with E-state index in [0.29, 0.717) is 4.47 Å². The van der Waals surface area contributed by atoms with Crippen molar-refractivity contribution in [3.8, 4) is 6.07 Å². The molecule has 0 N–H and O–H groups in total. The largest absolute Gasteiger partial charge is 0.329 e. The van der Waals surface area contributed by atoms with E-state index in [1.165, 1.54) is 0 Å². The molecule has 0 bridgehead atoms. The summed E-state index contributed by atoms with van der Waals surface area (Å²) in [7, 11) is -3.81. The van der Waals surface area contributed by atoms with Gasteiger partial charge in [0.2, 0.25) is 0 Å². The Bertz CT molecular complexity index is 620. The van der Waals surface area contributed by atoms with Crippen LogP contribution in [0.25, 0.3) is 0 Å². The zero-order valence-corrected chi connectivity index (χ0v) is 14.1. The lowest BCUT2D eigenvalue weighted by molar-refractivity contribution is 0.341. The van der Waals surface area contributed by atoms with Crippen molar-refractivity contribution in [2.45, 2.75) is 0 Å². The average Bonchev–Trinajstić information content (AvgIpc) is 2.32.